The van der Waals surface area contributed by atoms with Crippen LogP contribution < -0.4 is 4.90 Å². The molecule has 1 heterocycles. The van der Waals surface area contributed by atoms with E-state index in [9.17, 15) is 8.42 Å². The summed E-state index contributed by atoms with van der Waals surface area (Å²) in [5, 5.41) is 0. The van der Waals surface area contributed by atoms with Crippen LogP contribution in [0.4, 0.5) is 11.4 Å². The standard InChI is InChI=1S/C13H11NO3S2/c1-14-10-4-2-3-5-12(10)18-13-8-9(19(15,16)17)6-7-11(13)14/h2-8H,1H3,(H,15,16,17). The second-order valence-corrected chi connectivity index (χ2v) is 6.74. The Morgan fingerprint density at radius 3 is 2.47 bits per heavy atom. The van der Waals surface area contributed by atoms with Crippen LogP contribution >= 0.6 is 11.8 Å². The van der Waals surface area contributed by atoms with Gasteiger partial charge in [0, 0.05) is 16.8 Å². The van der Waals surface area contributed by atoms with Crippen molar-refractivity contribution in [1.82, 2.24) is 0 Å². The van der Waals surface area contributed by atoms with Gasteiger partial charge in [-0.25, -0.2) is 0 Å². The molecule has 4 nitrogen and oxygen atoms in total. The number of hydrogen-bond acceptors (Lipinski definition) is 4. The van der Waals surface area contributed by atoms with Gasteiger partial charge in [-0.2, -0.15) is 8.42 Å². The molecule has 0 aromatic heterocycles. The lowest BCUT2D eigenvalue weighted by Gasteiger charge is -2.29. The fourth-order valence-electron chi connectivity index (χ4n) is 2.08. The molecule has 3 rings (SSSR count). The Bertz CT molecular complexity index is 756. The molecular formula is C13H11NO3S2. The van der Waals surface area contributed by atoms with E-state index in [4.69, 9.17) is 4.55 Å². The van der Waals surface area contributed by atoms with Gasteiger partial charge in [0.1, 0.15) is 0 Å². The van der Waals surface area contributed by atoms with Crippen molar-refractivity contribution in [3.8, 4) is 0 Å². The largest absolute Gasteiger partial charge is 0.343 e. The maximum atomic E-state index is 11.2. The molecule has 2 aromatic carbocycles. The highest BCUT2D eigenvalue weighted by molar-refractivity contribution is 7.99. The van der Waals surface area contributed by atoms with Crippen LogP contribution in [0.3, 0.4) is 0 Å². The third kappa shape index (κ3) is 2.11. The summed E-state index contributed by atoms with van der Waals surface area (Å²) >= 11 is 1.50. The lowest BCUT2D eigenvalue weighted by Crippen LogP contribution is -2.14. The van der Waals surface area contributed by atoms with Gasteiger partial charge in [0.15, 0.2) is 0 Å². The van der Waals surface area contributed by atoms with Gasteiger partial charge in [-0.3, -0.25) is 4.55 Å². The SMILES string of the molecule is CN1c2ccccc2Sc2cc(S(=O)(=O)O)ccc21. The third-order valence-corrected chi connectivity index (χ3v) is 5.00. The molecule has 0 amide bonds. The van der Waals surface area contributed by atoms with Crippen LogP contribution in [-0.4, -0.2) is 20.0 Å². The summed E-state index contributed by atoms with van der Waals surface area (Å²) in [5.74, 6) is 0. The lowest BCUT2D eigenvalue weighted by molar-refractivity contribution is 0.483. The van der Waals surface area contributed by atoms with Gasteiger partial charge in [-0.1, -0.05) is 23.9 Å². The second-order valence-electron chi connectivity index (χ2n) is 4.23. The first-order valence-corrected chi connectivity index (χ1v) is 7.84. The zero-order chi connectivity index (χ0) is 13.6. The fraction of sp³-hybridized carbons (Fsp3) is 0.0769. The van der Waals surface area contributed by atoms with Crippen molar-refractivity contribution in [2.75, 3.05) is 11.9 Å². The summed E-state index contributed by atoms with van der Waals surface area (Å²) in [6, 6.07) is 12.5. The Hall–Kier alpha value is -1.50. The van der Waals surface area contributed by atoms with Gasteiger partial charge < -0.3 is 4.90 Å². The Labute approximate surface area is 115 Å². The molecule has 98 valence electrons. The van der Waals surface area contributed by atoms with Crippen molar-refractivity contribution in [2.24, 2.45) is 0 Å². The van der Waals surface area contributed by atoms with Crippen LogP contribution in [-0.2, 0) is 10.1 Å². The molecule has 2 aromatic rings. The van der Waals surface area contributed by atoms with Gasteiger partial charge in [0.05, 0.1) is 16.3 Å². The van der Waals surface area contributed by atoms with Gasteiger partial charge in [-0.05, 0) is 30.3 Å². The minimum atomic E-state index is -4.16. The molecule has 0 fully saturated rings. The fourth-order valence-corrected chi connectivity index (χ4v) is 3.85. The van der Waals surface area contributed by atoms with Gasteiger partial charge in [0.2, 0.25) is 0 Å². The van der Waals surface area contributed by atoms with E-state index in [1.807, 2.05) is 36.2 Å². The summed E-state index contributed by atoms with van der Waals surface area (Å²) in [5.41, 5.74) is 2.01. The van der Waals surface area contributed by atoms with Crippen LogP contribution in [0.15, 0.2) is 57.2 Å². The predicted molar refractivity (Wildman–Crippen MR) is 74.9 cm³/mol. The zero-order valence-electron chi connectivity index (χ0n) is 10.1. The first-order chi connectivity index (χ1) is 8.97. The summed E-state index contributed by atoms with van der Waals surface area (Å²) in [7, 11) is -2.23. The van der Waals surface area contributed by atoms with Crippen LogP contribution in [0.1, 0.15) is 0 Å². The van der Waals surface area contributed by atoms with E-state index in [-0.39, 0.29) is 4.90 Å². The van der Waals surface area contributed by atoms with E-state index in [1.54, 1.807) is 6.07 Å². The average molecular weight is 293 g/mol. The smallest absolute Gasteiger partial charge is 0.294 e. The van der Waals surface area contributed by atoms with E-state index in [0.717, 1.165) is 21.2 Å². The number of anilines is 2. The zero-order valence-corrected chi connectivity index (χ0v) is 11.7. The van der Waals surface area contributed by atoms with Crippen molar-refractivity contribution in [1.29, 1.82) is 0 Å². The van der Waals surface area contributed by atoms with E-state index < -0.39 is 10.1 Å². The van der Waals surface area contributed by atoms with Crippen molar-refractivity contribution in [3.63, 3.8) is 0 Å². The van der Waals surface area contributed by atoms with Crippen LogP contribution in [0.2, 0.25) is 0 Å². The monoisotopic (exact) mass is 293 g/mol. The van der Waals surface area contributed by atoms with E-state index >= 15 is 0 Å². The molecular weight excluding hydrogens is 282 g/mol. The molecule has 1 aliphatic rings. The van der Waals surface area contributed by atoms with Gasteiger partial charge in [0.25, 0.3) is 10.1 Å². The minimum absolute atomic E-state index is 0.0773. The Morgan fingerprint density at radius 1 is 1.05 bits per heavy atom. The van der Waals surface area contributed by atoms with E-state index in [2.05, 4.69) is 0 Å². The quantitative estimate of drug-likeness (QED) is 0.818. The normalized spacial score (nSPS) is 13.9. The van der Waals surface area contributed by atoms with Crippen molar-refractivity contribution in [2.45, 2.75) is 14.7 Å². The molecule has 6 heteroatoms. The summed E-state index contributed by atoms with van der Waals surface area (Å²) in [6.45, 7) is 0. The number of benzene rings is 2. The highest BCUT2D eigenvalue weighted by atomic mass is 32.2. The molecule has 0 atom stereocenters. The van der Waals surface area contributed by atoms with Gasteiger partial charge >= 0.3 is 0 Å². The molecule has 0 saturated carbocycles. The molecule has 0 bridgehead atoms. The molecule has 0 radical (unpaired) electrons. The molecule has 1 N–H and O–H groups in total. The van der Waals surface area contributed by atoms with Crippen LogP contribution in [0.5, 0.6) is 0 Å². The number of rotatable bonds is 1. The maximum Gasteiger partial charge on any atom is 0.294 e. The molecule has 0 saturated heterocycles. The number of para-hydroxylation sites is 1. The molecule has 0 unspecified atom stereocenters. The summed E-state index contributed by atoms with van der Waals surface area (Å²) in [4.78, 5) is 3.81. The third-order valence-electron chi connectivity index (χ3n) is 3.04. The Morgan fingerprint density at radius 2 is 1.74 bits per heavy atom. The minimum Gasteiger partial charge on any atom is -0.343 e. The topological polar surface area (TPSA) is 57.6 Å². The van der Waals surface area contributed by atoms with Gasteiger partial charge in [-0.15, -0.1) is 0 Å². The molecule has 0 aliphatic carbocycles. The highest BCUT2D eigenvalue weighted by Gasteiger charge is 2.22. The summed E-state index contributed by atoms with van der Waals surface area (Å²) in [6.07, 6.45) is 0. The van der Waals surface area contributed by atoms with Crippen LogP contribution in [0.25, 0.3) is 0 Å². The molecule has 1 aliphatic heterocycles. The average Bonchev–Trinajstić information content (AvgIpc) is 2.37. The molecule has 19 heavy (non-hydrogen) atoms. The van der Waals surface area contributed by atoms with E-state index in [0.29, 0.717) is 0 Å². The van der Waals surface area contributed by atoms with Crippen molar-refractivity contribution < 1.29 is 13.0 Å². The maximum absolute atomic E-state index is 11.2. The Balaban J connectivity index is 2.16. The van der Waals surface area contributed by atoms with Crippen molar-refractivity contribution >= 4 is 33.3 Å². The number of fused-ring (bicyclic) bond motifs is 2. The van der Waals surface area contributed by atoms with Crippen molar-refractivity contribution in [3.05, 3.63) is 42.5 Å². The van der Waals surface area contributed by atoms with Crippen LogP contribution in [0, 0.1) is 0 Å². The Kier molecular flexibility index (Phi) is 2.81. The lowest BCUT2D eigenvalue weighted by atomic mass is 10.2. The summed E-state index contributed by atoms with van der Waals surface area (Å²) < 4.78 is 31.5. The second kappa shape index (κ2) is 4.26. The highest BCUT2D eigenvalue weighted by Crippen LogP contribution is 2.47. The number of nitrogens with zero attached hydrogens (tertiary/aromatic N) is 1. The molecule has 0 spiro atoms. The number of hydrogen-bond donors (Lipinski definition) is 1. The first-order valence-electron chi connectivity index (χ1n) is 5.59. The predicted octanol–water partition coefficient (Wildman–Crippen LogP) is 3.17. The first kappa shape index (κ1) is 12.5. The van der Waals surface area contributed by atoms with E-state index in [1.165, 1.54) is 23.9 Å².